The van der Waals surface area contributed by atoms with E-state index in [2.05, 4.69) is 19.9 Å². The molecule has 0 saturated carbocycles. The van der Waals surface area contributed by atoms with Crippen molar-refractivity contribution in [2.24, 2.45) is 5.73 Å². The number of H-pyrrole nitrogens is 2. The monoisotopic (exact) mass is 255 g/mol. The van der Waals surface area contributed by atoms with Crippen molar-refractivity contribution >= 4 is 17.1 Å². The van der Waals surface area contributed by atoms with Crippen molar-refractivity contribution in [3.63, 3.8) is 0 Å². The average molecular weight is 255 g/mol. The van der Waals surface area contributed by atoms with E-state index in [0.717, 1.165) is 0 Å². The van der Waals surface area contributed by atoms with E-state index in [1.165, 1.54) is 6.33 Å². The van der Waals surface area contributed by atoms with Gasteiger partial charge in [-0.2, -0.15) is 0 Å². The van der Waals surface area contributed by atoms with Crippen LogP contribution in [0.1, 0.15) is 10.4 Å². The van der Waals surface area contributed by atoms with Crippen molar-refractivity contribution in [1.29, 1.82) is 0 Å². The number of carbonyl (C=O) groups excluding carboxylic acids is 1. The van der Waals surface area contributed by atoms with Crippen molar-refractivity contribution in [2.45, 2.75) is 0 Å². The first-order valence-electron chi connectivity index (χ1n) is 5.49. The number of hydrogen-bond acceptors (Lipinski definition) is 4. The van der Waals surface area contributed by atoms with Gasteiger partial charge in [0.15, 0.2) is 11.2 Å². The van der Waals surface area contributed by atoms with E-state index in [1.54, 1.807) is 24.3 Å². The molecule has 0 saturated heterocycles. The molecule has 2 heterocycles. The Morgan fingerprint density at radius 2 is 2.05 bits per heavy atom. The maximum atomic E-state index is 11.8. The highest BCUT2D eigenvalue weighted by molar-refractivity contribution is 5.99. The second-order valence-electron chi connectivity index (χ2n) is 3.93. The number of nitrogens with zero attached hydrogens (tertiary/aromatic N) is 2. The number of nitrogens with one attached hydrogen (secondary N) is 2. The van der Waals surface area contributed by atoms with Gasteiger partial charge in [0.05, 0.1) is 11.9 Å². The van der Waals surface area contributed by atoms with E-state index in [1.807, 2.05) is 0 Å². The Balaban J connectivity index is 2.30. The zero-order valence-corrected chi connectivity index (χ0v) is 9.68. The average Bonchev–Trinajstić information content (AvgIpc) is 2.87. The Morgan fingerprint density at radius 1 is 1.26 bits per heavy atom. The molecule has 0 fully saturated rings. The van der Waals surface area contributed by atoms with Crippen molar-refractivity contribution in [2.75, 3.05) is 0 Å². The van der Waals surface area contributed by atoms with Gasteiger partial charge in [-0.1, -0.05) is 18.2 Å². The molecule has 0 aliphatic carbocycles. The van der Waals surface area contributed by atoms with E-state index in [0.29, 0.717) is 16.6 Å². The van der Waals surface area contributed by atoms with Gasteiger partial charge in [0, 0.05) is 5.56 Å². The Bertz CT molecular complexity index is 833. The minimum Gasteiger partial charge on any atom is -0.366 e. The van der Waals surface area contributed by atoms with Crippen molar-refractivity contribution < 1.29 is 4.79 Å². The lowest BCUT2D eigenvalue weighted by Gasteiger charge is -2.05. The van der Waals surface area contributed by atoms with Crippen LogP contribution >= 0.6 is 0 Å². The molecule has 1 amide bonds. The first-order chi connectivity index (χ1) is 9.16. The minimum atomic E-state index is -0.583. The van der Waals surface area contributed by atoms with Gasteiger partial charge < -0.3 is 15.7 Å². The van der Waals surface area contributed by atoms with Crippen LogP contribution in [0, 0.1) is 0 Å². The third kappa shape index (κ3) is 1.77. The molecular weight excluding hydrogens is 246 g/mol. The fourth-order valence-electron chi connectivity index (χ4n) is 1.87. The molecule has 0 radical (unpaired) electrons. The second-order valence-corrected chi connectivity index (χ2v) is 3.93. The number of primary amides is 1. The summed E-state index contributed by atoms with van der Waals surface area (Å²) >= 11 is 0. The standard InChI is InChI=1S/C12H9N5O2/c13-9(18)6-3-1-2-4-7(6)10-16-11-8(12(19)17-10)14-5-15-11/h1-5H,(H2,13,18)(H2,14,15,16,17,19). The van der Waals surface area contributed by atoms with Crippen LogP contribution < -0.4 is 11.3 Å². The Hall–Kier alpha value is -2.96. The summed E-state index contributed by atoms with van der Waals surface area (Å²) in [5.74, 6) is -0.320. The number of fused-ring (bicyclic) bond motifs is 1. The fraction of sp³-hybridized carbons (Fsp3) is 0. The van der Waals surface area contributed by atoms with Crippen molar-refractivity contribution in [3.05, 3.63) is 46.5 Å². The third-order valence-corrected chi connectivity index (χ3v) is 2.74. The molecule has 19 heavy (non-hydrogen) atoms. The molecule has 0 bridgehead atoms. The van der Waals surface area contributed by atoms with E-state index in [4.69, 9.17) is 5.73 Å². The molecule has 0 aliphatic heterocycles. The number of rotatable bonds is 2. The van der Waals surface area contributed by atoms with Gasteiger partial charge >= 0.3 is 0 Å². The zero-order valence-electron chi connectivity index (χ0n) is 9.68. The fourth-order valence-corrected chi connectivity index (χ4v) is 1.87. The minimum absolute atomic E-state index is 0.263. The van der Waals surface area contributed by atoms with Crippen LogP contribution in [0.25, 0.3) is 22.6 Å². The van der Waals surface area contributed by atoms with Gasteiger partial charge in [-0.25, -0.2) is 9.97 Å². The number of hydrogen-bond donors (Lipinski definition) is 3. The van der Waals surface area contributed by atoms with Gasteiger partial charge in [0.1, 0.15) is 5.82 Å². The van der Waals surface area contributed by atoms with E-state index >= 15 is 0 Å². The molecule has 7 heteroatoms. The maximum absolute atomic E-state index is 11.8. The Labute approximate surface area is 106 Å². The van der Waals surface area contributed by atoms with Crippen molar-refractivity contribution in [3.8, 4) is 11.4 Å². The van der Waals surface area contributed by atoms with Crippen LogP contribution in [-0.4, -0.2) is 25.8 Å². The van der Waals surface area contributed by atoms with Gasteiger partial charge in [0.2, 0.25) is 5.91 Å². The highest BCUT2D eigenvalue weighted by Gasteiger charge is 2.13. The van der Waals surface area contributed by atoms with Crippen LogP contribution in [0.3, 0.4) is 0 Å². The lowest BCUT2D eigenvalue weighted by molar-refractivity contribution is 0.100. The molecule has 1 aromatic carbocycles. The van der Waals surface area contributed by atoms with E-state index < -0.39 is 5.91 Å². The first kappa shape index (κ1) is 11.1. The van der Waals surface area contributed by atoms with Crippen LogP contribution in [0.2, 0.25) is 0 Å². The number of aromatic nitrogens is 4. The summed E-state index contributed by atoms with van der Waals surface area (Å²) in [6, 6.07) is 6.66. The normalized spacial score (nSPS) is 10.7. The topological polar surface area (TPSA) is 118 Å². The zero-order chi connectivity index (χ0) is 13.4. The van der Waals surface area contributed by atoms with Crippen LogP contribution in [0.4, 0.5) is 0 Å². The number of imidazole rings is 1. The van der Waals surface area contributed by atoms with Gasteiger partial charge in [-0.05, 0) is 6.07 Å². The van der Waals surface area contributed by atoms with Gasteiger partial charge in [-0.3, -0.25) is 9.59 Å². The van der Waals surface area contributed by atoms with Gasteiger partial charge in [-0.15, -0.1) is 0 Å². The van der Waals surface area contributed by atoms with Crippen LogP contribution in [-0.2, 0) is 0 Å². The molecule has 3 aromatic rings. The number of aromatic amines is 2. The molecule has 2 aromatic heterocycles. The third-order valence-electron chi connectivity index (χ3n) is 2.74. The molecule has 0 spiro atoms. The maximum Gasteiger partial charge on any atom is 0.277 e. The largest absolute Gasteiger partial charge is 0.366 e. The number of carbonyl (C=O) groups is 1. The summed E-state index contributed by atoms with van der Waals surface area (Å²) in [4.78, 5) is 36.6. The Kier molecular flexibility index (Phi) is 2.38. The van der Waals surface area contributed by atoms with Crippen LogP contribution in [0.5, 0.6) is 0 Å². The molecule has 0 aliphatic rings. The summed E-state index contributed by atoms with van der Waals surface area (Å²) in [6.45, 7) is 0. The summed E-state index contributed by atoms with van der Waals surface area (Å²) < 4.78 is 0. The lowest BCUT2D eigenvalue weighted by Crippen LogP contribution is -2.15. The summed E-state index contributed by atoms with van der Waals surface area (Å²) in [7, 11) is 0. The van der Waals surface area contributed by atoms with E-state index in [-0.39, 0.29) is 17.0 Å². The lowest BCUT2D eigenvalue weighted by atomic mass is 10.1. The molecule has 4 N–H and O–H groups in total. The van der Waals surface area contributed by atoms with Crippen LogP contribution in [0.15, 0.2) is 35.4 Å². The summed E-state index contributed by atoms with van der Waals surface area (Å²) in [6.07, 6.45) is 1.39. The highest BCUT2D eigenvalue weighted by Crippen LogP contribution is 2.19. The number of benzene rings is 1. The molecule has 0 unspecified atom stereocenters. The number of amides is 1. The molecule has 0 atom stereocenters. The molecule has 7 nitrogen and oxygen atoms in total. The molecular formula is C12H9N5O2. The first-order valence-corrected chi connectivity index (χ1v) is 5.49. The summed E-state index contributed by atoms with van der Waals surface area (Å²) in [5.41, 5.74) is 6.30. The summed E-state index contributed by atoms with van der Waals surface area (Å²) in [5, 5.41) is 0. The smallest absolute Gasteiger partial charge is 0.277 e. The predicted octanol–water partition coefficient (Wildman–Crippen LogP) is 0.412. The molecule has 3 rings (SSSR count). The predicted molar refractivity (Wildman–Crippen MR) is 68.5 cm³/mol. The second kappa shape index (κ2) is 4.05. The quantitative estimate of drug-likeness (QED) is 0.614. The van der Waals surface area contributed by atoms with Gasteiger partial charge in [0.25, 0.3) is 5.56 Å². The SMILES string of the molecule is NC(=O)c1ccccc1-c1nc2nc[nH]c2c(=O)[nH]1. The van der Waals surface area contributed by atoms with Crippen molar-refractivity contribution in [1.82, 2.24) is 19.9 Å². The number of nitrogens with two attached hydrogens (primary N) is 1. The Morgan fingerprint density at radius 3 is 2.84 bits per heavy atom. The molecule has 94 valence electrons. The highest BCUT2D eigenvalue weighted by atomic mass is 16.1. The van der Waals surface area contributed by atoms with E-state index in [9.17, 15) is 9.59 Å².